The maximum absolute atomic E-state index is 10.7. The smallest absolute Gasteiger partial charge is 0.331 e. The fraction of sp³-hybridized carbons (Fsp3) is 0.250. The van der Waals surface area contributed by atoms with Crippen LogP contribution in [0.1, 0.15) is 5.69 Å². The van der Waals surface area contributed by atoms with Crippen LogP contribution in [0.3, 0.4) is 0 Å². The fourth-order valence-electron chi connectivity index (χ4n) is 0.813. The van der Waals surface area contributed by atoms with Gasteiger partial charge >= 0.3 is 5.97 Å². The third-order valence-electron chi connectivity index (χ3n) is 1.38. The van der Waals surface area contributed by atoms with Gasteiger partial charge in [0.1, 0.15) is 6.33 Å². The summed E-state index contributed by atoms with van der Waals surface area (Å²) in [5.74, 6) is -0.517. The molecule has 1 aromatic rings. The molecule has 0 fully saturated rings. The Hall–Kier alpha value is -1.62. The van der Waals surface area contributed by atoms with Gasteiger partial charge in [-0.1, -0.05) is 6.58 Å². The van der Waals surface area contributed by atoms with Crippen molar-refractivity contribution in [3.8, 4) is 0 Å². The molecule has 5 heteroatoms. The second kappa shape index (κ2) is 4.42. The topological polar surface area (TPSA) is 70.1 Å². The van der Waals surface area contributed by atoms with E-state index in [4.69, 9.17) is 10.6 Å². The van der Waals surface area contributed by atoms with Crippen LogP contribution < -0.4 is 10.6 Å². The lowest BCUT2D eigenvalue weighted by atomic mass is 10.3. The number of imidazole rings is 1. The van der Waals surface area contributed by atoms with Gasteiger partial charge in [-0.3, -0.25) is 0 Å². The molecule has 0 aliphatic carbocycles. The molecule has 5 nitrogen and oxygen atoms in total. The van der Waals surface area contributed by atoms with E-state index < -0.39 is 5.97 Å². The van der Waals surface area contributed by atoms with Gasteiger partial charge < -0.3 is 10.6 Å². The summed E-state index contributed by atoms with van der Waals surface area (Å²) in [6.07, 6.45) is 4.77. The normalized spacial score (nSPS) is 9.62. The number of rotatable bonds is 4. The van der Waals surface area contributed by atoms with Crippen LogP contribution in [0, 0.1) is 0 Å². The highest BCUT2D eigenvalue weighted by molar-refractivity contribution is 5.81. The molecule has 70 valence electrons. The first-order valence-electron chi connectivity index (χ1n) is 3.84. The maximum Gasteiger partial charge on any atom is 0.355 e. The Morgan fingerprint density at radius 2 is 2.62 bits per heavy atom. The van der Waals surface area contributed by atoms with Gasteiger partial charge in [0.2, 0.25) is 0 Å². The van der Waals surface area contributed by atoms with Gasteiger partial charge in [0.15, 0.2) is 0 Å². The first kappa shape index (κ1) is 9.47. The van der Waals surface area contributed by atoms with Crippen LogP contribution in [0.2, 0.25) is 0 Å². The summed E-state index contributed by atoms with van der Waals surface area (Å²) in [6.45, 7) is 3.79. The van der Waals surface area contributed by atoms with E-state index in [2.05, 4.69) is 11.6 Å². The Bertz CT molecular complexity index is 306. The molecule has 0 atom stereocenters. The van der Waals surface area contributed by atoms with Crippen molar-refractivity contribution in [1.29, 1.82) is 0 Å². The second-order valence-electron chi connectivity index (χ2n) is 2.38. The zero-order valence-corrected chi connectivity index (χ0v) is 7.14. The van der Waals surface area contributed by atoms with Gasteiger partial charge in [-0.2, -0.15) is 4.73 Å². The molecule has 1 heterocycles. The van der Waals surface area contributed by atoms with Crippen molar-refractivity contribution in [2.45, 2.75) is 6.42 Å². The van der Waals surface area contributed by atoms with Crippen LogP contribution in [0.25, 0.3) is 0 Å². The Morgan fingerprint density at radius 3 is 3.23 bits per heavy atom. The largest absolute Gasteiger partial charge is 0.355 e. The van der Waals surface area contributed by atoms with Gasteiger partial charge in [0.05, 0.1) is 11.9 Å². The zero-order valence-electron chi connectivity index (χ0n) is 7.14. The van der Waals surface area contributed by atoms with Crippen LogP contribution in [0.5, 0.6) is 0 Å². The van der Waals surface area contributed by atoms with E-state index >= 15 is 0 Å². The second-order valence-corrected chi connectivity index (χ2v) is 2.38. The molecule has 1 rings (SSSR count). The summed E-state index contributed by atoms with van der Waals surface area (Å²) in [5, 5.41) is 0. The molecule has 0 saturated heterocycles. The number of nitrogens with zero attached hydrogens (tertiary/aromatic N) is 2. The number of hydrogen-bond acceptors (Lipinski definition) is 4. The van der Waals surface area contributed by atoms with Gasteiger partial charge in [-0.25, -0.2) is 9.78 Å². The van der Waals surface area contributed by atoms with E-state index in [1.807, 2.05) is 0 Å². The minimum absolute atomic E-state index is 0.517. The molecule has 1 aromatic heterocycles. The van der Waals surface area contributed by atoms with Gasteiger partial charge in [-0.15, -0.1) is 0 Å². The van der Waals surface area contributed by atoms with E-state index in [9.17, 15) is 4.79 Å². The Morgan fingerprint density at radius 1 is 1.85 bits per heavy atom. The standard InChI is InChI=1S/C8H11N3O2/c1-2-8(12)13-11-5-7(3-4-9)10-6-11/h2,5-6H,1,3-4,9H2. The van der Waals surface area contributed by atoms with E-state index in [0.717, 1.165) is 11.8 Å². The summed E-state index contributed by atoms with van der Waals surface area (Å²) in [5.41, 5.74) is 6.12. The Balaban J connectivity index is 2.58. The molecule has 0 amide bonds. The van der Waals surface area contributed by atoms with Crippen LogP contribution >= 0.6 is 0 Å². The van der Waals surface area contributed by atoms with Crippen molar-refractivity contribution in [3.05, 3.63) is 30.9 Å². The molecule has 0 unspecified atom stereocenters. The highest BCUT2D eigenvalue weighted by Crippen LogP contribution is 1.94. The van der Waals surface area contributed by atoms with Crippen molar-refractivity contribution >= 4 is 5.97 Å². The third-order valence-corrected chi connectivity index (χ3v) is 1.38. The lowest BCUT2D eigenvalue weighted by Gasteiger charge is -1.97. The molecule has 0 aliphatic heterocycles. The SMILES string of the molecule is C=CC(=O)On1cnc(CCN)c1. The average molecular weight is 181 g/mol. The summed E-state index contributed by atoms with van der Waals surface area (Å²) in [6, 6.07) is 0. The van der Waals surface area contributed by atoms with Crippen molar-refractivity contribution in [3.63, 3.8) is 0 Å². The number of carbonyl (C=O) groups is 1. The zero-order chi connectivity index (χ0) is 9.68. The fourth-order valence-corrected chi connectivity index (χ4v) is 0.813. The first-order chi connectivity index (χ1) is 6.26. The van der Waals surface area contributed by atoms with E-state index in [-0.39, 0.29) is 0 Å². The number of aromatic nitrogens is 2. The van der Waals surface area contributed by atoms with Crippen LogP contribution in [-0.4, -0.2) is 22.2 Å². The molecule has 0 bridgehead atoms. The highest BCUT2D eigenvalue weighted by atomic mass is 16.7. The lowest BCUT2D eigenvalue weighted by Crippen LogP contribution is -2.15. The first-order valence-corrected chi connectivity index (χ1v) is 3.84. The minimum Gasteiger partial charge on any atom is -0.331 e. The number of nitrogens with two attached hydrogens (primary N) is 1. The molecule has 13 heavy (non-hydrogen) atoms. The maximum atomic E-state index is 10.7. The highest BCUT2D eigenvalue weighted by Gasteiger charge is 2.00. The Labute approximate surface area is 75.8 Å². The van der Waals surface area contributed by atoms with E-state index in [1.54, 1.807) is 6.20 Å². The van der Waals surface area contributed by atoms with E-state index in [1.165, 1.54) is 11.1 Å². The molecule has 0 saturated carbocycles. The molecule has 0 radical (unpaired) electrons. The van der Waals surface area contributed by atoms with E-state index in [0.29, 0.717) is 13.0 Å². The summed E-state index contributed by atoms with van der Waals surface area (Å²) >= 11 is 0. The molecule has 0 spiro atoms. The predicted octanol–water partition coefficient (Wildman–Crippen LogP) is -0.475. The average Bonchev–Trinajstić information content (AvgIpc) is 2.53. The van der Waals surface area contributed by atoms with Crippen molar-refractivity contribution in [2.75, 3.05) is 6.54 Å². The number of carbonyl (C=O) groups excluding carboxylic acids is 1. The molecular weight excluding hydrogens is 170 g/mol. The summed E-state index contributed by atoms with van der Waals surface area (Å²) in [4.78, 5) is 19.4. The third kappa shape index (κ3) is 2.72. The van der Waals surface area contributed by atoms with Crippen LogP contribution in [-0.2, 0) is 11.2 Å². The minimum atomic E-state index is -0.517. The van der Waals surface area contributed by atoms with Crippen molar-refractivity contribution in [1.82, 2.24) is 9.71 Å². The molecule has 0 aliphatic rings. The predicted molar refractivity (Wildman–Crippen MR) is 46.8 cm³/mol. The van der Waals surface area contributed by atoms with Crippen LogP contribution in [0.15, 0.2) is 25.2 Å². The van der Waals surface area contributed by atoms with Gasteiger partial charge in [0, 0.05) is 12.5 Å². The molecule has 0 aromatic carbocycles. The molecular formula is C8H11N3O2. The van der Waals surface area contributed by atoms with Gasteiger partial charge in [0.25, 0.3) is 0 Å². The quantitative estimate of drug-likeness (QED) is 0.637. The summed E-state index contributed by atoms with van der Waals surface area (Å²) < 4.78 is 1.23. The van der Waals surface area contributed by atoms with Crippen molar-refractivity contribution in [2.24, 2.45) is 5.73 Å². The lowest BCUT2D eigenvalue weighted by molar-refractivity contribution is -0.138. The summed E-state index contributed by atoms with van der Waals surface area (Å²) in [7, 11) is 0. The van der Waals surface area contributed by atoms with Gasteiger partial charge in [-0.05, 0) is 6.54 Å². The monoisotopic (exact) mass is 181 g/mol. The Kier molecular flexibility index (Phi) is 3.22. The van der Waals surface area contributed by atoms with Crippen LogP contribution in [0.4, 0.5) is 0 Å². The molecule has 2 N–H and O–H groups in total. The van der Waals surface area contributed by atoms with Crippen molar-refractivity contribution < 1.29 is 9.63 Å². The number of hydrogen-bond donors (Lipinski definition) is 1.